The minimum atomic E-state index is -0.239. The first-order valence-electron chi connectivity index (χ1n) is 6.35. The van der Waals surface area contributed by atoms with Gasteiger partial charge >= 0.3 is 0 Å². The highest BCUT2D eigenvalue weighted by Gasteiger charge is 2.17. The second-order valence-corrected chi connectivity index (χ2v) is 5.41. The van der Waals surface area contributed by atoms with Crippen molar-refractivity contribution in [3.8, 4) is 0 Å². The van der Waals surface area contributed by atoms with Crippen molar-refractivity contribution in [2.45, 2.75) is 6.54 Å². The minimum Gasteiger partial charge on any atom is -0.373 e. The fourth-order valence-electron chi connectivity index (χ4n) is 1.89. The molecular weight excluding hydrogens is 309 g/mol. The van der Waals surface area contributed by atoms with Crippen LogP contribution in [-0.2, 0) is 6.54 Å². The molecule has 0 atom stereocenters. The van der Waals surface area contributed by atoms with E-state index >= 15 is 0 Å². The molecule has 2 rings (SSSR count). The van der Waals surface area contributed by atoms with Gasteiger partial charge in [0.05, 0.1) is 5.02 Å². The van der Waals surface area contributed by atoms with Gasteiger partial charge in [0.15, 0.2) is 0 Å². The number of carbonyl (C=O) groups excluding carboxylic acids is 1. The molecule has 1 aromatic heterocycles. The lowest BCUT2D eigenvalue weighted by molar-refractivity contribution is 0.0779. The average Bonchev–Trinajstić information content (AvgIpc) is 2.47. The Kier molecular flexibility index (Phi) is 5.04. The van der Waals surface area contributed by atoms with Crippen molar-refractivity contribution in [2.24, 2.45) is 0 Å². The van der Waals surface area contributed by atoms with Gasteiger partial charge in [0.2, 0.25) is 0 Å². The smallest absolute Gasteiger partial charge is 0.274 e. The Hall–Kier alpha value is -1.78. The van der Waals surface area contributed by atoms with Gasteiger partial charge in [-0.1, -0.05) is 35.3 Å². The largest absolute Gasteiger partial charge is 0.373 e. The number of anilines is 1. The lowest BCUT2D eigenvalue weighted by atomic mass is 10.2. The van der Waals surface area contributed by atoms with E-state index in [4.69, 9.17) is 23.2 Å². The number of pyridine rings is 1. The van der Waals surface area contributed by atoms with Crippen LogP contribution >= 0.6 is 23.2 Å². The molecule has 0 saturated heterocycles. The number of benzene rings is 1. The van der Waals surface area contributed by atoms with Crippen LogP contribution in [0.1, 0.15) is 16.1 Å². The van der Waals surface area contributed by atoms with E-state index in [9.17, 15) is 4.79 Å². The molecule has 6 heteroatoms. The zero-order valence-electron chi connectivity index (χ0n) is 11.7. The first-order valence-corrected chi connectivity index (χ1v) is 7.11. The monoisotopic (exact) mass is 323 g/mol. The molecule has 4 nitrogen and oxygen atoms in total. The molecule has 0 saturated carbocycles. The summed E-state index contributed by atoms with van der Waals surface area (Å²) >= 11 is 12.0. The van der Waals surface area contributed by atoms with E-state index < -0.39 is 0 Å². The van der Waals surface area contributed by atoms with E-state index in [1.54, 1.807) is 37.2 Å². The van der Waals surface area contributed by atoms with Crippen molar-refractivity contribution >= 4 is 34.9 Å². The summed E-state index contributed by atoms with van der Waals surface area (Å²) in [6.45, 7) is 0.432. The Morgan fingerprint density at radius 1 is 1.29 bits per heavy atom. The van der Waals surface area contributed by atoms with Crippen LogP contribution in [0, 0.1) is 0 Å². The molecule has 0 aliphatic carbocycles. The van der Waals surface area contributed by atoms with Crippen molar-refractivity contribution in [3.05, 3.63) is 57.7 Å². The number of hydrogen-bond acceptors (Lipinski definition) is 3. The lowest BCUT2D eigenvalue weighted by Crippen LogP contribution is -2.27. The first kappa shape index (κ1) is 15.6. The maximum atomic E-state index is 12.4. The molecular formula is C15H15Cl2N3O. The van der Waals surface area contributed by atoms with Crippen LogP contribution in [0.15, 0.2) is 36.4 Å². The van der Waals surface area contributed by atoms with Gasteiger partial charge in [0.25, 0.3) is 5.91 Å². The Balaban J connectivity index is 2.19. The summed E-state index contributed by atoms with van der Waals surface area (Å²) in [6, 6.07) is 10.8. The summed E-state index contributed by atoms with van der Waals surface area (Å²) < 4.78 is 0. The molecule has 0 spiro atoms. The molecule has 0 aliphatic heterocycles. The number of nitrogens with zero attached hydrogens (tertiary/aromatic N) is 2. The average molecular weight is 324 g/mol. The van der Waals surface area contributed by atoms with Gasteiger partial charge in [0, 0.05) is 25.7 Å². The van der Waals surface area contributed by atoms with Crippen LogP contribution in [0.3, 0.4) is 0 Å². The lowest BCUT2D eigenvalue weighted by Gasteiger charge is -2.18. The summed E-state index contributed by atoms with van der Waals surface area (Å²) in [6.07, 6.45) is 0. The van der Waals surface area contributed by atoms with Crippen LogP contribution in [0.4, 0.5) is 5.82 Å². The number of nitrogens with one attached hydrogen (secondary N) is 1. The summed E-state index contributed by atoms with van der Waals surface area (Å²) in [5.74, 6) is 0.357. The molecule has 1 aromatic carbocycles. The third kappa shape index (κ3) is 3.86. The maximum absolute atomic E-state index is 12.4. The molecule has 1 N–H and O–H groups in total. The summed E-state index contributed by atoms with van der Waals surface area (Å²) in [7, 11) is 3.44. The van der Waals surface area contributed by atoms with Crippen LogP contribution in [0.5, 0.6) is 0 Å². The highest BCUT2D eigenvalue weighted by atomic mass is 35.5. The third-order valence-electron chi connectivity index (χ3n) is 2.96. The number of rotatable bonds is 4. The minimum absolute atomic E-state index is 0.230. The highest BCUT2D eigenvalue weighted by molar-refractivity contribution is 6.33. The Bertz CT molecular complexity index is 661. The normalized spacial score (nSPS) is 10.3. The second-order valence-electron chi connectivity index (χ2n) is 4.57. The third-order valence-corrected chi connectivity index (χ3v) is 3.50. The van der Waals surface area contributed by atoms with Gasteiger partial charge in [-0.25, -0.2) is 4.98 Å². The highest BCUT2D eigenvalue weighted by Crippen LogP contribution is 2.19. The van der Waals surface area contributed by atoms with Crippen LogP contribution in [-0.4, -0.2) is 29.9 Å². The predicted molar refractivity (Wildman–Crippen MR) is 86.0 cm³/mol. The van der Waals surface area contributed by atoms with Gasteiger partial charge < -0.3 is 10.2 Å². The predicted octanol–water partition coefficient (Wildman–Crippen LogP) is 3.70. The fourth-order valence-corrected chi connectivity index (χ4v) is 2.29. The summed E-state index contributed by atoms with van der Waals surface area (Å²) in [4.78, 5) is 18.2. The van der Waals surface area contributed by atoms with E-state index in [0.29, 0.717) is 22.4 Å². The maximum Gasteiger partial charge on any atom is 0.274 e. The van der Waals surface area contributed by atoms with Crippen molar-refractivity contribution in [2.75, 3.05) is 19.4 Å². The van der Waals surface area contributed by atoms with Gasteiger partial charge in [-0.3, -0.25) is 4.79 Å². The fraction of sp³-hybridized carbons (Fsp3) is 0.200. The van der Waals surface area contributed by atoms with Crippen molar-refractivity contribution in [3.63, 3.8) is 0 Å². The topological polar surface area (TPSA) is 45.2 Å². The van der Waals surface area contributed by atoms with Gasteiger partial charge in [-0.15, -0.1) is 0 Å². The number of amides is 1. The zero-order chi connectivity index (χ0) is 15.4. The number of hydrogen-bond donors (Lipinski definition) is 1. The first-order chi connectivity index (χ1) is 10.0. The van der Waals surface area contributed by atoms with Crippen LogP contribution in [0.2, 0.25) is 10.0 Å². The molecule has 0 bridgehead atoms. The number of halogens is 2. The molecule has 1 amide bonds. The van der Waals surface area contributed by atoms with Gasteiger partial charge in [-0.2, -0.15) is 0 Å². The number of carbonyl (C=O) groups is 1. The quantitative estimate of drug-likeness (QED) is 0.933. The van der Waals surface area contributed by atoms with Gasteiger partial charge in [-0.05, 0) is 29.8 Å². The van der Waals surface area contributed by atoms with E-state index in [2.05, 4.69) is 10.3 Å². The summed E-state index contributed by atoms with van der Waals surface area (Å²) in [5.41, 5.74) is 1.17. The molecule has 0 aliphatic rings. The van der Waals surface area contributed by atoms with Crippen molar-refractivity contribution in [1.82, 2.24) is 9.88 Å². The second kappa shape index (κ2) is 6.78. The number of aromatic nitrogens is 1. The van der Waals surface area contributed by atoms with Crippen molar-refractivity contribution < 1.29 is 4.79 Å². The van der Waals surface area contributed by atoms with E-state index in [-0.39, 0.29) is 11.6 Å². The Morgan fingerprint density at radius 2 is 2.05 bits per heavy atom. The molecule has 21 heavy (non-hydrogen) atoms. The van der Waals surface area contributed by atoms with E-state index in [1.165, 1.54) is 0 Å². The van der Waals surface area contributed by atoms with Crippen LogP contribution < -0.4 is 5.32 Å². The molecule has 0 radical (unpaired) electrons. The van der Waals surface area contributed by atoms with Crippen molar-refractivity contribution in [1.29, 1.82) is 0 Å². The Labute approximate surface area is 133 Å². The standard InChI is InChI=1S/C15H15Cl2N3O/c1-18-13-7-6-12(17)14(19-13)15(21)20(2)9-10-4-3-5-11(16)8-10/h3-8H,9H2,1-2H3,(H,18,19). The molecule has 110 valence electrons. The molecule has 2 aromatic rings. The Morgan fingerprint density at radius 3 is 2.71 bits per heavy atom. The SMILES string of the molecule is CNc1ccc(Cl)c(C(=O)N(C)Cc2cccc(Cl)c2)n1. The molecule has 0 unspecified atom stereocenters. The van der Waals surface area contributed by atoms with Crippen LogP contribution in [0.25, 0.3) is 0 Å². The molecule has 1 heterocycles. The van der Waals surface area contributed by atoms with E-state index in [0.717, 1.165) is 5.56 Å². The van der Waals surface area contributed by atoms with E-state index in [1.807, 2.05) is 18.2 Å². The van der Waals surface area contributed by atoms with Gasteiger partial charge in [0.1, 0.15) is 11.5 Å². The zero-order valence-corrected chi connectivity index (χ0v) is 13.2. The summed E-state index contributed by atoms with van der Waals surface area (Å²) in [5, 5.41) is 3.86. The molecule has 0 fully saturated rings.